The van der Waals surface area contributed by atoms with Crippen LogP contribution in [0.4, 0.5) is 0 Å². The van der Waals surface area contributed by atoms with E-state index >= 15 is 0 Å². The Bertz CT molecular complexity index is 834. The number of rotatable bonds is 4. The highest BCUT2D eigenvalue weighted by atomic mass is 16.5. The average molecular weight is 297 g/mol. The lowest BCUT2D eigenvalue weighted by Gasteiger charge is -2.08. The van der Waals surface area contributed by atoms with Crippen molar-refractivity contribution >= 4 is 16.9 Å². The van der Waals surface area contributed by atoms with Gasteiger partial charge in [0.05, 0.1) is 16.8 Å². The molecule has 2 aromatic carbocycles. The SMILES string of the molecule is Cn1c(COc2ccc(O)cc2)cc2cccc(C(=O)O)c21. The summed E-state index contributed by atoms with van der Waals surface area (Å²) >= 11 is 0. The molecule has 0 saturated heterocycles. The van der Waals surface area contributed by atoms with E-state index in [1.807, 2.05) is 23.7 Å². The summed E-state index contributed by atoms with van der Waals surface area (Å²) in [5.41, 5.74) is 1.83. The maximum Gasteiger partial charge on any atom is 0.337 e. The standard InChI is InChI=1S/C17H15NO4/c1-18-12(10-22-14-7-5-13(19)6-8-14)9-11-3-2-4-15(16(11)18)17(20)21/h2-9,19H,10H2,1H3,(H,20,21). The molecule has 3 rings (SSSR count). The predicted octanol–water partition coefficient (Wildman–Crippen LogP) is 3.16. The Kier molecular flexibility index (Phi) is 3.47. The first-order valence-electron chi connectivity index (χ1n) is 6.78. The first-order valence-corrected chi connectivity index (χ1v) is 6.78. The Labute approximate surface area is 127 Å². The normalized spacial score (nSPS) is 10.8. The van der Waals surface area contributed by atoms with E-state index in [9.17, 15) is 15.0 Å². The number of carboxylic acids is 1. The van der Waals surface area contributed by atoms with Crippen LogP contribution in [0.1, 0.15) is 16.1 Å². The zero-order chi connectivity index (χ0) is 15.7. The molecule has 112 valence electrons. The number of benzene rings is 2. The Balaban J connectivity index is 1.91. The van der Waals surface area contributed by atoms with Gasteiger partial charge in [0, 0.05) is 12.4 Å². The minimum atomic E-state index is -0.946. The molecule has 0 spiro atoms. The fourth-order valence-electron chi connectivity index (χ4n) is 2.48. The van der Waals surface area contributed by atoms with Crippen molar-refractivity contribution < 1.29 is 19.7 Å². The molecule has 2 N–H and O–H groups in total. The predicted molar refractivity (Wildman–Crippen MR) is 82.3 cm³/mol. The summed E-state index contributed by atoms with van der Waals surface area (Å²) < 4.78 is 7.51. The molecule has 0 saturated carbocycles. The van der Waals surface area contributed by atoms with Crippen molar-refractivity contribution in [2.75, 3.05) is 0 Å². The third-order valence-corrected chi connectivity index (χ3v) is 3.61. The van der Waals surface area contributed by atoms with Crippen LogP contribution in [0.3, 0.4) is 0 Å². The molecule has 0 atom stereocenters. The molecular weight excluding hydrogens is 282 g/mol. The van der Waals surface area contributed by atoms with Gasteiger partial charge in [-0.25, -0.2) is 4.79 Å². The summed E-state index contributed by atoms with van der Waals surface area (Å²) in [5, 5.41) is 19.4. The first kappa shape index (κ1) is 14.0. The van der Waals surface area contributed by atoms with Crippen molar-refractivity contribution in [1.29, 1.82) is 0 Å². The molecule has 5 nitrogen and oxygen atoms in total. The number of phenols is 1. The number of para-hydroxylation sites is 1. The third-order valence-electron chi connectivity index (χ3n) is 3.61. The summed E-state index contributed by atoms with van der Waals surface area (Å²) in [6.45, 7) is 0.314. The monoisotopic (exact) mass is 297 g/mol. The number of hydrogen-bond acceptors (Lipinski definition) is 3. The number of aromatic hydroxyl groups is 1. The fraction of sp³-hybridized carbons (Fsp3) is 0.118. The summed E-state index contributed by atoms with van der Waals surface area (Å²) in [6.07, 6.45) is 0. The van der Waals surface area contributed by atoms with Crippen LogP contribution in [-0.2, 0) is 13.7 Å². The van der Waals surface area contributed by atoms with Crippen LogP contribution in [-0.4, -0.2) is 20.7 Å². The highest BCUT2D eigenvalue weighted by molar-refractivity contribution is 6.02. The van der Waals surface area contributed by atoms with Gasteiger partial charge in [0.25, 0.3) is 0 Å². The Hall–Kier alpha value is -2.95. The Morgan fingerprint density at radius 3 is 2.59 bits per heavy atom. The van der Waals surface area contributed by atoms with Crippen LogP contribution in [0.25, 0.3) is 10.9 Å². The van der Waals surface area contributed by atoms with Gasteiger partial charge in [0.15, 0.2) is 0 Å². The van der Waals surface area contributed by atoms with E-state index in [0.29, 0.717) is 17.9 Å². The maximum atomic E-state index is 11.3. The largest absolute Gasteiger partial charge is 0.508 e. The zero-order valence-corrected chi connectivity index (χ0v) is 12.0. The Morgan fingerprint density at radius 1 is 1.18 bits per heavy atom. The number of aryl methyl sites for hydroxylation is 1. The molecule has 0 aliphatic heterocycles. The van der Waals surface area contributed by atoms with Gasteiger partial charge in [-0.1, -0.05) is 12.1 Å². The third kappa shape index (κ3) is 2.48. The molecule has 22 heavy (non-hydrogen) atoms. The van der Waals surface area contributed by atoms with Gasteiger partial charge in [-0.2, -0.15) is 0 Å². The lowest BCUT2D eigenvalue weighted by Crippen LogP contribution is -2.04. The lowest BCUT2D eigenvalue weighted by molar-refractivity contribution is 0.0698. The molecule has 0 bridgehead atoms. The molecule has 0 unspecified atom stereocenters. The van der Waals surface area contributed by atoms with Crippen molar-refractivity contribution in [2.45, 2.75) is 6.61 Å². The number of phenolic OH excluding ortho intramolecular Hbond substituents is 1. The summed E-state index contributed by atoms with van der Waals surface area (Å²) in [6, 6.07) is 13.6. The number of carbonyl (C=O) groups is 1. The lowest BCUT2D eigenvalue weighted by atomic mass is 10.1. The molecule has 0 aliphatic carbocycles. The molecule has 1 heterocycles. The molecular formula is C17H15NO4. The fourth-order valence-corrected chi connectivity index (χ4v) is 2.48. The Morgan fingerprint density at radius 2 is 1.91 bits per heavy atom. The van der Waals surface area contributed by atoms with E-state index in [1.54, 1.807) is 36.4 Å². The van der Waals surface area contributed by atoms with Gasteiger partial charge in [-0.3, -0.25) is 0 Å². The molecule has 1 aromatic heterocycles. The quantitative estimate of drug-likeness (QED) is 0.776. The van der Waals surface area contributed by atoms with Crippen LogP contribution in [0.5, 0.6) is 11.5 Å². The van der Waals surface area contributed by atoms with E-state index in [1.165, 1.54) is 0 Å². The number of nitrogens with zero attached hydrogens (tertiary/aromatic N) is 1. The maximum absolute atomic E-state index is 11.3. The van der Waals surface area contributed by atoms with Crippen molar-refractivity contribution in [3.8, 4) is 11.5 Å². The van der Waals surface area contributed by atoms with Crippen LogP contribution < -0.4 is 4.74 Å². The van der Waals surface area contributed by atoms with E-state index in [2.05, 4.69) is 0 Å². The molecule has 0 aliphatic rings. The van der Waals surface area contributed by atoms with Gasteiger partial charge in [0.2, 0.25) is 0 Å². The van der Waals surface area contributed by atoms with Crippen molar-refractivity contribution in [2.24, 2.45) is 7.05 Å². The number of ether oxygens (including phenoxy) is 1. The molecule has 0 fully saturated rings. The van der Waals surface area contributed by atoms with Gasteiger partial charge < -0.3 is 19.5 Å². The second kappa shape index (κ2) is 5.44. The second-order valence-electron chi connectivity index (χ2n) is 5.03. The molecule has 5 heteroatoms. The second-order valence-corrected chi connectivity index (χ2v) is 5.03. The average Bonchev–Trinajstić information content (AvgIpc) is 2.83. The van der Waals surface area contributed by atoms with Crippen LogP contribution >= 0.6 is 0 Å². The van der Waals surface area contributed by atoms with Crippen LogP contribution in [0.15, 0.2) is 48.5 Å². The highest BCUT2D eigenvalue weighted by Crippen LogP contribution is 2.24. The van der Waals surface area contributed by atoms with Crippen LogP contribution in [0, 0.1) is 0 Å². The summed E-state index contributed by atoms with van der Waals surface area (Å²) in [7, 11) is 1.82. The van der Waals surface area contributed by atoms with E-state index in [-0.39, 0.29) is 11.3 Å². The van der Waals surface area contributed by atoms with Gasteiger partial charge in [0.1, 0.15) is 18.1 Å². The minimum absolute atomic E-state index is 0.183. The molecule has 0 amide bonds. The van der Waals surface area contributed by atoms with E-state index < -0.39 is 5.97 Å². The molecule has 0 radical (unpaired) electrons. The van der Waals surface area contributed by atoms with Gasteiger partial charge in [-0.15, -0.1) is 0 Å². The number of carboxylic acid groups (broad SMARTS) is 1. The number of hydrogen-bond donors (Lipinski definition) is 2. The van der Waals surface area contributed by atoms with Gasteiger partial charge >= 0.3 is 5.97 Å². The summed E-state index contributed by atoms with van der Waals surface area (Å²) in [4.78, 5) is 11.3. The van der Waals surface area contributed by atoms with Crippen molar-refractivity contribution in [1.82, 2.24) is 4.57 Å². The topological polar surface area (TPSA) is 71.7 Å². The van der Waals surface area contributed by atoms with Crippen molar-refractivity contribution in [3.05, 3.63) is 59.8 Å². The highest BCUT2D eigenvalue weighted by Gasteiger charge is 2.14. The van der Waals surface area contributed by atoms with Crippen molar-refractivity contribution in [3.63, 3.8) is 0 Å². The van der Waals surface area contributed by atoms with Crippen LogP contribution in [0.2, 0.25) is 0 Å². The zero-order valence-electron chi connectivity index (χ0n) is 12.0. The number of aromatic nitrogens is 1. The summed E-state index contributed by atoms with van der Waals surface area (Å²) in [5.74, 6) is -0.123. The minimum Gasteiger partial charge on any atom is -0.508 e. The number of fused-ring (bicyclic) bond motifs is 1. The number of aromatic carboxylic acids is 1. The van der Waals surface area contributed by atoms with E-state index in [0.717, 1.165) is 11.1 Å². The van der Waals surface area contributed by atoms with Gasteiger partial charge in [-0.05, 0) is 36.4 Å². The smallest absolute Gasteiger partial charge is 0.337 e. The molecule has 3 aromatic rings. The first-order chi connectivity index (χ1) is 10.6. The van der Waals surface area contributed by atoms with E-state index in [4.69, 9.17) is 4.74 Å².